The van der Waals surface area contributed by atoms with Crippen molar-refractivity contribution in [2.75, 3.05) is 5.32 Å². The number of phenols is 1. The lowest BCUT2D eigenvalue weighted by Gasteiger charge is -2.04. The molecule has 0 saturated heterocycles. The molecule has 0 unspecified atom stereocenters. The zero-order valence-electron chi connectivity index (χ0n) is 14.7. The minimum Gasteiger partial charge on any atom is -0.506 e. The highest BCUT2D eigenvalue weighted by Gasteiger charge is 2.26. The number of benzene rings is 3. The van der Waals surface area contributed by atoms with Crippen LogP contribution >= 0.6 is 39.1 Å². The third-order valence-corrected chi connectivity index (χ3v) is 5.21. The van der Waals surface area contributed by atoms with E-state index in [1.807, 2.05) is 18.2 Å². The molecule has 0 saturated carbocycles. The maximum atomic E-state index is 12.4. The Balaban J connectivity index is 1.75. The molecule has 8 heteroatoms. The summed E-state index contributed by atoms with van der Waals surface area (Å²) in [5, 5.41) is 13.4. The predicted octanol–water partition coefficient (Wildman–Crippen LogP) is 6.29. The molecule has 1 heterocycles. The summed E-state index contributed by atoms with van der Waals surface area (Å²) in [6.07, 6.45) is 1.45. The summed E-state index contributed by atoms with van der Waals surface area (Å²) in [7, 11) is 0. The van der Waals surface area contributed by atoms with Gasteiger partial charge in [0.15, 0.2) is 0 Å². The van der Waals surface area contributed by atoms with E-state index in [1.165, 1.54) is 12.3 Å². The number of aliphatic imine (C=N–C) groups is 2. The van der Waals surface area contributed by atoms with E-state index in [-0.39, 0.29) is 16.7 Å². The number of carbonyl (C=O) groups excluding carboxylic acids is 1. The van der Waals surface area contributed by atoms with Crippen LogP contribution in [0.25, 0.3) is 0 Å². The van der Waals surface area contributed by atoms with Crippen molar-refractivity contribution >= 4 is 74.0 Å². The van der Waals surface area contributed by atoms with Gasteiger partial charge >= 0.3 is 0 Å². The topological polar surface area (TPSA) is 74.0 Å². The van der Waals surface area contributed by atoms with Gasteiger partial charge in [0.2, 0.25) is 0 Å². The number of nitrogens with zero attached hydrogens (tertiary/aromatic N) is 2. The van der Waals surface area contributed by atoms with Crippen LogP contribution in [0.4, 0.5) is 17.1 Å². The van der Waals surface area contributed by atoms with Crippen molar-refractivity contribution < 1.29 is 9.90 Å². The van der Waals surface area contributed by atoms with Crippen LogP contribution in [0.1, 0.15) is 11.1 Å². The third kappa shape index (κ3) is 4.05. The Morgan fingerprint density at radius 2 is 1.79 bits per heavy atom. The maximum Gasteiger partial charge on any atom is 0.275 e. The highest BCUT2D eigenvalue weighted by atomic mass is 79.9. The Hall–Kier alpha value is -2.67. The highest BCUT2D eigenvalue weighted by molar-refractivity contribution is 9.10. The van der Waals surface area contributed by atoms with E-state index in [2.05, 4.69) is 31.2 Å². The van der Waals surface area contributed by atoms with Gasteiger partial charge in [0, 0.05) is 26.8 Å². The van der Waals surface area contributed by atoms with Crippen molar-refractivity contribution in [2.24, 2.45) is 9.98 Å². The first kappa shape index (κ1) is 19.6. The number of anilines is 1. The second-order valence-electron chi connectivity index (χ2n) is 6.18. The summed E-state index contributed by atoms with van der Waals surface area (Å²) >= 11 is 15.4. The van der Waals surface area contributed by atoms with Gasteiger partial charge < -0.3 is 10.4 Å². The van der Waals surface area contributed by atoms with E-state index in [0.29, 0.717) is 38.9 Å². The number of carbonyl (C=O) groups is 1. The first-order chi connectivity index (χ1) is 13.9. The zero-order valence-corrected chi connectivity index (χ0v) is 17.8. The van der Waals surface area contributed by atoms with Crippen molar-refractivity contribution in [1.82, 2.24) is 0 Å². The van der Waals surface area contributed by atoms with Crippen molar-refractivity contribution in [1.29, 1.82) is 0 Å². The summed E-state index contributed by atoms with van der Waals surface area (Å²) in [5.74, 6) is -0.395. The lowest BCUT2D eigenvalue weighted by molar-refractivity contribution is -0.110. The number of nitrogens with one attached hydrogen (secondary N) is 1. The summed E-state index contributed by atoms with van der Waals surface area (Å²) < 4.78 is 0.847. The average Bonchev–Trinajstić information content (AvgIpc) is 2.99. The summed E-state index contributed by atoms with van der Waals surface area (Å²) in [6.45, 7) is 0. The molecule has 3 aromatic carbocycles. The number of phenolic OH excluding ortho intramolecular Hbond substituents is 1. The number of para-hydroxylation sites is 2. The van der Waals surface area contributed by atoms with Crippen molar-refractivity contribution in [2.45, 2.75) is 0 Å². The SMILES string of the molecule is O=C1Nc2ccc(Br)cc2C1=Nc1ccccc1N=Cc1cc(Cl)cc(Cl)c1O. The van der Waals surface area contributed by atoms with Crippen LogP contribution in [0.15, 0.2) is 69.1 Å². The number of aromatic hydroxyl groups is 1. The lowest BCUT2D eigenvalue weighted by atomic mass is 10.1. The number of hydrogen-bond acceptors (Lipinski definition) is 4. The fraction of sp³-hybridized carbons (Fsp3) is 0. The normalized spacial score (nSPS) is 14.4. The fourth-order valence-corrected chi connectivity index (χ4v) is 3.72. The predicted molar refractivity (Wildman–Crippen MR) is 121 cm³/mol. The molecule has 0 fully saturated rings. The Morgan fingerprint density at radius 1 is 1.03 bits per heavy atom. The summed E-state index contributed by atoms with van der Waals surface area (Å²) in [4.78, 5) is 21.4. The van der Waals surface area contributed by atoms with E-state index in [4.69, 9.17) is 23.2 Å². The molecule has 4 rings (SSSR count). The molecule has 5 nitrogen and oxygen atoms in total. The standard InChI is InChI=1S/C21H12BrCl2N3O2/c22-12-5-6-16-14(8-12)19(21(29)27-16)26-18-4-2-1-3-17(18)25-10-11-7-13(23)9-15(24)20(11)28/h1-10,28H,(H,26,27,29). The maximum absolute atomic E-state index is 12.4. The van der Waals surface area contributed by atoms with Crippen LogP contribution in [0.5, 0.6) is 5.75 Å². The van der Waals surface area contributed by atoms with Crippen molar-refractivity contribution in [3.8, 4) is 5.75 Å². The van der Waals surface area contributed by atoms with Crippen LogP contribution in [0, 0.1) is 0 Å². The molecular formula is C21H12BrCl2N3O2. The first-order valence-corrected chi connectivity index (χ1v) is 9.98. The highest BCUT2D eigenvalue weighted by Crippen LogP contribution is 2.34. The number of hydrogen-bond donors (Lipinski definition) is 2. The van der Waals surface area contributed by atoms with E-state index < -0.39 is 0 Å². The monoisotopic (exact) mass is 487 g/mol. The summed E-state index contributed by atoms with van der Waals surface area (Å²) in [6, 6.07) is 15.6. The average molecular weight is 489 g/mol. The number of rotatable bonds is 3. The smallest absolute Gasteiger partial charge is 0.275 e. The van der Waals surface area contributed by atoms with Crippen LogP contribution in [-0.4, -0.2) is 22.9 Å². The van der Waals surface area contributed by atoms with Gasteiger partial charge in [-0.05, 0) is 42.5 Å². The molecule has 0 atom stereocenters. The Labute approximate surface area is 184 Å². The van der Waals surface area contributed by atoms with E-state index in [1.54, 1.807) is 30.3 Å². The molecule has 1 aliphatic heterocycles. The number of fused-ring (bicyclic) bond motifs is 1. The van der Waals surface area contributed by atoms with Crippen molar-refractivity contribution in [3.05, 3.63) is 80.2 Å². The Morgan fingerprint density at radius 3 is 2.59 bits per heavy atom. The largest absolute Gasteiger partial charge is 0.506 e. The molecule has 0 aromatic heterocycles. The molecule has 1 amide bonds. The molecular weight excluding hydrogens is 477 g/mol. The van der Waals surface area contributed by atoms with Crippen LogP contribution in [0.2, 0.25) is 10.0 Å². The van der Waals surface area contributed by atoms with Crippen LogP contribution < -0.4 is 5.32 Å². The second kappa shape index (κ2) is 7.99. The molecule has 144 valence electrons. The minimum absolute atomic E-state index is 0.113. The Kier molecular flexibility index (Phi) is 5.41. The lowest BCUT2D eigenvalue weighted by Crippen LogP contribution is -2.13. The second-order valence-corrected chi connectivity index (χ2v) is 7.94. The van der Waals surface area contributed by atoms with Gasteiger partial charge in [0.1, 0.15) is 11.5 Å². The van der Waals surface area contributed by atoms with Crippen LogP contribution in [-0.2, 0) is 4.79 Å². The van der Waals surface area contributed by atoms with Gasteiger partial charge in [-0.25, -0.2) is 4.99 Å². The third-order valence-electron chi connectivity index (χ3n) is 4.21. The molecule has 2 N–H and O–H groups in total. The molecule has 0 radical (unpaired) electrons. The first-order valence-electron chi connectivity index (χ1n) is 8.43. The molecule has 0 aliphatic carbocycles. The van der Waals surface area contributed by atoms with Gasteiger partial charge in [0.05, 0.1) is 22.1 Å². The van der Waals surface area contributed by atoms with E-state index in [9.17, 15) is 9.90 Å². The summed E-state index contributed by atoms with van der Waals surface area (Å²) in [5.41, 5.74) is 3.12. The number of amides is 1. The zero-order chi connectivity index (χ0) is 20.5. The number of halogens is 3. The van der Waals surface area contributed by atoms with E-state index in [0.717, 1.165) is 4.47 Å². The quantitative estimate of drug-likeness (QED) is 0.425. The molecule has 29 heavy (non-hydrogen) atoms. The molecule has 3 aromatic rings. The van der Waals surface area contributed by atoms with Crippen molar-refractivity contribution in [3.63, 3.8) is 0 Å². The molecule has 1 aliphatic rings. The molecule has 0 bridgehead atoms. The van der Waals surface area contributed by atoms with Crippen LogP contribution in [0.3, 0.4) is 0 Å². The van der Waals surface area contributed by atoms with Gasteiger partial charge in [-0.15, -0.1) is 0 Å². The fourth-order valence-electron chi connectivity index (χ4n) is 2.85. The molecule has 0 spiro atoms. The van der Waals surface area contributed by atoms with Gasteiger partial charge in [-0.1, -0.05) is 51.3 Å². The Bertz CT molecular complexity index is 1210. The van der Waals surface area contributed by atoms with Gasteiger partial charge in [0.25, 0.3) is 5.91 Å². The van der Waals surface area contributed by atoms with E-state index >= 15 is 0 Å². The minimum atomic E-state index is -0.281. The van der Waals surface area contributed by atoms with Gasteiger partial charge in [-0.3, -0.25) is 9.79 Å². The van der Waals surface area contributed by atoms with Gasteiger partial charge in [-0.2, -0.15) is 0 Å².